The summed E-state index contributed by atoms with van der Waals surface area (Å²) < 4.78 is 1.60. The van der Waals surface area contributed by atoms with Crippen LogP contribution in [0.1, 0.15) is 16.1 Å². The van der Waals surface area contributed by atoms with Crippen LogP contribution in [0.2, 0.25) is 15.1 Å². The average molecular weight is 319 g/mol. The van der Waals surface area contributed by atoms with Gasteiger partial charge in [0.2, 0.25) is 0 Å². The lowest BCUT2D eigenvalue weighted by Crippen LogP contribution is -2.24. The number of hydrogen-bond acceptors (Lipinski definition) is 2. The molecular formula is C12H10Cl3N3O. The van der Waals surface area contributed by atoms with Crippen molar-refractivity contribution in [1.82, 2.24) is 15.1 Å². The highest BCUT2D eigenvalue weighted by molar-refractivity contribution is 6.36. The van der Waals surface area contributed by atoms with Gasteiger partial charge in [0.1, 0.15) is 0 Å². The Labute approximate surface area is 125 Å². The Morgan fingerprint density at radius 2 is 2.05 bits per heavy atom. The van der Waals surface area contributed by atoms with E-state index < -0.39 is 0 Å². The van der Waals surface area contributed by atoms with Crippen molar-refractivity contribution in [3.05, 3.63) is 50.7 Å². The van der Waals surface area contributed by atoms with E-state index in [-0.39, 0.29) is 12.5 Å². The molecule has 0 aliphatic rings. The summed E-state index contributed by atoms with van der Waals surface area (Å²) in [5.41, 5.74) is 1.09. The normalized spacial score (nSPS) is 10.5. The average Bonchev–Trinajstić information content (AvgIpc) is 2.66. The van der Waals surface area contributed by atoms with E-state index in [1.54, 1.807) is 23.9 Å². The lowest BCUT2D eigenvalue weighted by molar-refractivity contribution is 0.0950. The number of carbonyl (C=O) groups is 1. The summed E-state index contributed by atoms with van der Waals surface area (Å²) in [5.74, 6) is -0.293. The zero-order valence-electron chi connectivity index (χ0n) is 9.95. The number of carbonyl (C=O) groups excluding carboxylic acids is 1. The second-order valence-corrected chi connectivity index (χ2v) is 5.12. The molecule has 2 aromatic rings. The standard InChI is InChI=1S/C12H10Cl3N3O/c1-18-11(10(15)5-17-18)6-16-12(19)8-3-2-7(13)4-9(8)14/h2-5H,6H2,1H3,(H,16,19). The number of aryl methyl sites for hydroxylation is 1. The highest BCUT2D eigenvalue weighted by Gasteiger charge is 2.12. The zero-order valence-corrected chi connectivity index (χ0v) is 12.2. The molecule has 0 saturated carbocycles. The van der Waals surface area contributed by atoms with E-state index in [9.17, 15) is 4.79 Å². The number of rotatable bonds is 3. The van der Waals surface area contributed by atoms with Crippen LogP contribution >= 0.6 is 34.8 Å². The van der Waals surface area contributed by atoms with E-state index in [4.69, 9.17) is 34.8 Å². The highest BCUT2D eigenvalue weighted by atomic mass is 35.5. The molecule has 19 heavy (non-hydrogen) atoms. The maximum absolute atomic E-state index is 12.0. The van der Waals surface area contributed by atoms with E-state index in [1.807, 2.05) is 0 Å². The Kier molecular flexibility index (Phi) is 4.34. The van der Waals surface area contributed by atoms with Crippen LogP contribution in [0.25, 0.3) is 0 Å². The van der Waals surface area contributed by atoms with Crippen molar-refractivity contribution in [1.29, 1.82) is 0 Å². The molecular weight excluding hydrogens is 309 g/mol. The Hall–Kier alpha value is -1.23. The third kappa shape index (κ3) is 3.21. The minimum atomic E-state index is -0.293. The molecule has 0 radical (unpaired) electrons. The topological polar surface area (TPSA) is 46.9 Å². The monoisotopic (exact) mass is 317 g/mol. The van der Waals surface area contributed by atoms with Crippen molar-refractivity contribution in [2.24, 2.45) is 7.05 Å². The first-order valence-corrected chi connectivity index (χ1v) is 6.52. The summed E-state index contributed by atoms with van der Waals surface area (Å²) in [6.45, 7) is 0.271. The quantitative estimate of drug-likeness (QED) is 0.944. The van der Waals surface area contributed by atoms with Gasteiger partial charge in [-0.1, -0.05) is 34.8 Å². The molecule has 0 aliphatic carbocycles. The molecule has 1 heterocycles. The Balaban J connectivity index is 2.10. The molecule has 1 aromatic carbocycles. The van der Waals surface area contributed by atoms with E-state index >= 15 is 0 Å². The molecule has 4 nitrogen and oxygen atoms in total. The van der Waals surface area contributed by atoms with Crippen molar-refractivity contribution in [3.63, 3.8) is 0 Å². The predicted molar refractivity (Wildman–Crippen MR) is 75.9 cm³/mol. The number of nitrogens with zero attached hydrogens (tertiary/aromatic N) is 2. The fraction of sp³-hybridized carbons (Fsp3) is 0.167. The van der Waals surface area contributed by atoms with Crippen LogP contribution in [-0.4, -0.2) is 15.7 Å². The molecule has 1 aromatic heterocycles. The van der Waals surface area contributed by atoms with Gasteiger partial charge in [-0.3, -0.25) is 9.48 Å². The van der Waals surface area contributed by atoms with Crippen molar-refractivity contribution in [2.45, 2.75) is 6.54 Å². The number of benzene rings is 1. The van der Waals surface area contributed by atoms with E-state index in [0.717, 1.165) is 5.69 Å². The van der Waals surface area contributed by atoms with Gasteiger partial charge in [0.05, 0.1) is 34.0 Å². The van der Waals surface area contributed by atoms with Gasteiger partial charge >= 0.3 is 0 Å². The fourth-order valence-electron chi connectivity index (χ4n) is 1.57. The van der Waals surface area contributed by atoms with Crippen molar-refractivity contribution in [2.75, 3.05) is 0 Å². The van der Waals surface area contributed by atoms with Gasteiger partial charge in [-0.2, -0.15) is 5.10 Å². The summed E-state index contributed by atoms with van der Waals surface area (Å²) in [6, 6.07) is 4.71. The lowest BCUT2D eigenvalue weighted by Gasteiger charge is -2.07. The molecule has 1 N–H and O–H groups in total. The summed E-state index contributed by atoms with van der Waals surface area (Å²) in [7, 11) is 1.75. The molecule has 0 fully saturated rings. The molecule has 2 rings (SSSR count). The second-order valence-electron chi connectivity index (χ2n) is 3.87. The SMILES string of the molecule is Cn1ncc(Cl)c1CNC(=O)c1ccc(Cl)cc1Cl. The summed E-state index contributed by atoms with van der Waals surface area (Å²) >= 11 is 17.7. The molecule has 0 spiro atoms. The molecule has 7 heteroatoms. The Bertz CT molecular complexity index is 605. The predicted octanol–water partition coefficient (Wildman–Crippen LogP) is 3.31. The Morgan fingerprint density at radius 3 is 2.63 bits per heavy atom. The minimum absolute atomic E-state index is 0.271. The lowest BCUT2D eigenvalue weighted by atomic mass is 10.2. The van der Waals surface area contributed by atoms with E-state index in [2.05, 4.69) is 10.4 Å². The Morgan fingerprint density at radius 1 is 1.32 bits per heavy atom. The fourth-order valence-corrected chi connectivity index (χ4v) is 2.29. The van der Waals surface area contributed by atoms with Gasteiger partial charge in [-0.15, -0.1) is 0 Å². The molecule has 100 valence electrons. The molecule has 0 unspecified atom stereocenters. The number of aromatic nitrogens is 2. The largest absolute Gasteiger partial charge is 0.346 e. The molecule has 0 atom stereocenters. The number of nitrogens with one attached hydrogen (secondary N) is 1. The van der Waals surface area contributed by atoms with Gasteiger partial charge in [0.15, 0.2) is 0 Å². The number of hydrogen-bond donors (Lipinski definition) is 1. The smallest absolute Gasteiger partial charge is 0.253 e. The third-order valence-electron chi connectivity index (χ3n) is 2.60. The highest BCUT2D eigenvalue weighted by Crippen LogP contribution is 2.21. The van der Waals surface area contributed by atoms with Crippen molar-refractivity contribution in [3.8, 4) is 0 Å². The summed E-state index contributed by atoms with van der Waals surface area (Å²) in [5, 5.41) is 8.01. The van der Waals surface area contributed by atoms with Crippen molar-refractivity contribution >= 4 is 40.7 Å². The second kappa shape index (κ2) is 5.82. The van der Waals surface area contributed by atoms with Gasteiger partial charge in [-0.05, 0) is 18.2 Å². The summed E-state index contributed by atoms with van der Waals surface area (Å²) in [6.07, 6.45) is 1.53. The van der Waals surface area contributed by atoms with Crippen LogP contribution in [0.5, 0.6) is 0 Å². The molecule has 0 aliphatic heterocycles. The first-order chi connectivity index (χ1) is 8.99. The van der Waals surface area contributed by atoms with E-state index in [0.29, 0.717) is 20.6 Å². The van der Waals surface area contributed by atoms with Gasteiger partial charge in [-0.25, -0.2) is 0 Å². The van der Waals surface area contributed by atoms with Crippen LogP contribution in [0.15, 0.2) is 24.4 Å². The number of halogens is 3. The zero-order chi connectivity index (χ0) is 14.0. The molecule has 0 saturated heterocycles. The summed E-state index contributed by atoms with van der Waals surface area (Å²) in [4.78, 5) is 12.0. The maximum Gasteiger partial charge on any atom is 0.253 e. The van der Waals surface area contributed by atoms with Crippen LogP contribution in [-0.2, 0) is 13.6 Å². The first kappa shape index (κ1) is 14.2. The van der Waals surface area contributed by atoms with Gasteiger partial charge < -0.3 is 5.32 Å². The molecule has 0 bridgehead atoms. The third-order valence-corrected chi connectivity index (χ3v) is 3.47. The van der Waals surface area contributed by atoms with Crippen molar-refractivity contribution < 1.29 is 4.79 Å². The van der Waals surface area contributed by atoms with Gasteiger partial charge in [0.25, 0.3) is 5.91 Å². The minimum Gasteiger partial charge on any atom is -0.346 e. The number of amides is 1. The molecule has 1 amide bonds. The van der Waals surface area contributed by atoms with Gasteiger partial charge in [0, 0.05) is 12.1 Å². The first-order valence-electron chi connectivity index (χ1n) is 5.38. The van der Waals surface area contributed by atoms with Crippen LogP contribution in [0.4, 0.5) is 0 Å². The maximum atomic E-state index is 12.0. The van der Waals surface area contributed by atoms with E-state index in [1.165, 1.54) is 12.3 Å². The van der Waals surface area contributed by atoms with Crippen LogP contribution in [0, 0.1) is 0 Å². The van der Waals surface area contributed by atoms with Crippen LogP contribution in [0.3, 0.4) is 0 Å². The van der Waals surface area contributed by atoms with Crippen LogP contribution < -0.4 is 5.32 Å².